The van der Waals surface area contributed by atoms with Gasteiger partial charge in [-0.3, -0.25) is 0 Å². The standard InChI is InChI=1S/C11H16N2O4/c1-2-8-3-7(11(16)17)4-10(12-8)13-9(5-14)6-15/h3-4,9,14-15H,2,5-6H2,1H3,(H,12,13)(H,16,17). The van der Waals surface area contributed by atoms with Crippen molar-refractivity contribution in [2.24, 2.45) is 0 Å². The van der Waals surface area contributed by atoms with Gasteiger partial charge in [-0.1, -0.05) is 6.92 Å². The van der Waals surface area contributed by atoms with Crippen molar-refractivity contribution in [2.75, 3.05) is 18.5 Å². The first-order chi connectivity index (χ1) is 8.10. The summed E-state index contributed by atoms with van der Waals surface area (Å²) >= 11 is 0. The predicted octanol–water partition coefficient (Wildman–Crippen LogP) is 0.107. The molecule has 1 heterocycles. The van der Waals surface area contributed by atoms with E-state index in [2.05, 4.69) is 10.3 Å². The van der Waals surface area contributed by atoms with Crippen LogP contribution in [0.3, 0.4) is 0 Å². The van der Waals surface area contributed by atoms with Crippen molar-refractivity contribution in [2.45, 2.75) is 19.4 Å². The van der Waals surface area contributed by atoms with E-state index < -0.39 is 12.0 Å². The monoisotopic (exact) mass is 240 g/mol. The lowest BCUT2D eigenvalue weighted by atomic mass is 10.2. The minimum atomic E-state index is -1.03. The molecule has 0 aliphatic carbocycles. The number of aryl methyl sites for hydroxylation is 1. The molecule has 0 aliphatic heterocycles. The van der Waals surface area contributed by atoms with Gasteiger partial charge in [0.1, 0.15) is 5.82 Å². The molecule has 1 aromatic heterocycles. The van der Waals surface area contributed by atoms with Crippen LogP contribution in [0, 0.1) is 0 Å². The number of aromatic carboxylic acids is 1. The van der Waals surface area contributed by atoms with Crippen molar-refractivity contribution in [1.82, 2.24) is 4.98 Å². The number of aromatic nitrogens is 1. The molecule has 1 aromatic rings. The summed E-state index contributed by atoms with van der Waals surface area (Å²) in [7, 11) is 0. The SMILES string of the molecule is CCc1cc(C(=O)O)cc(NC(CO)CO)n1. The van der Waals surface area contributed by atoms with Gasteiger partial charge in [0.25, 0.3) is 0 Å². The third-order valence-electron chi connectivity index (χ3n) is 2.28. The summed E-state index contributed by atoms with van der Waals surface area (Å²) in [5.74, 6) is -0.690. The fraction of sp³-hybridized carbons (Fsp3) is 0.455. The van der Waals surface area contributed by atoms with Gasteiger partial charge in [0, 0.05) is 5.69 Å². The lowest BCUT2D eigenvalue weighted by molar-refractivity contribution is 0.0696. The van der Waals surface area contributed by atoms with Crippen molar-refractivity contribution >= 4 is 11.8 Å². The van der Waals surface area contributed by atoms with E-state index in [4.69, 9.17) is 15.3 Å². The van der Waals surface area contributed by atoms with E-state index in [1.807, 2.05) is 6.92 Å². The summed E-state index contributed by atoms with van der Waals surface area (Å²) in [6, 6.07) is 2.33. The van der Waals surface area contributed by atoms with Gasteiger partial charge in [-0.25, -0.2) is 9.78 Å². The van der Waals surface area contributed by atoms with Crippen molar-refractivity contribution < 1.29 is 20.1 Å². The van der Waals surface area contributed by atoms with Gasteiger partial charge in [-0.2, -0.15) is 0 Å². The maximum atomic E-state index is 10.9. The van der Waals surface area contributed by atoms with E-state index in [1.54, 1.807) is 0 Å². The molecule has 0 saturated heterocycles. The van der Waals surface area contributed by atoms with E-state index >= 15 is 0 Å². The Morgan fingerprint density at radius 1 is 1.41 bits per heavy atom. The zero-order valence-electron chi connectivity index (χ0n) is 9.55. The molecular weight excluding hydrogens is 224 g/mol. The first-order valence-electron chi connectivity index (χ1n) is 5.33. The Morgan fingerprint density at radius 2 is 2.06 bits per heavy atom. The number of anilines is 1. The van der Waals surface area contributed by atoms with E-state index in [0.29, 0.717) is 17.9 Å². The lowest BCUT2D eigenvalue weighted by Gasteiger charge is -2.15. The smallest absolute Gasteiger partial charge is 0.335 e. The number of carboxylic acids is 1. The molecule has 4 N–H and O–H groups in total. The number of aliphatic hydroxyl groups is 2. The first kappa shape index (κ1) is 13.4. The number of nitrogens with one attached hydrogen (secondary N) is 1. The number of carboxylic acid groups (broad SMARTS) is 1. The zero-order valence-corrected chi connectivity index (χ0v) is 9.55. The lowest BCUT2D eigenvalue weighted by Crippen LogP contribution is -2.28. The molecule has 0 atom stereocenters. The van der Waals surface area contributed by atoms with Crippen LogP contribution in [0.5, 0.6) is 0 Å². The second kappa shape index (κ2) is 6.17. The fourth-order valence-corrected chi connectivity index (χ4v) is 1.32. The summed E-state index contributed by atoms with van der Waals surface area (Å²) in [5.41, 5.74) is 0.774. The van der Waals surface area contributed by atoms with E-state index in [9.17, 15) is 4.79 Å². The maximum Gasteiger partial charge on any atom is 0.335 e. The molecule has 17 heavy (non-hydrogen) atoms. The van der Waals surface area contributed by atoms with Crippen LogP contribution >= 0.6 is 0 Å². The Kier molecular flexibility index (Phi) is 4.86. The number of aliphatic hydroxyl groups excluding tert-OH is 2. The van der Waals surface area contributed by atoms with Gasteiger partial charge in [0.05, 0.1) is 24.8 Å². The molecule has 6 nitrogen and oxygen atoms in total. The third-order valence-corrected chi connectivity index (χ3v) is 2.28. The van der Waals surface area contributed by atoms with Crippen LogP contribution in [0.15, 0.2) is 12.1 Å². The van der Waals surface area contributed by atoms with Gasteiger partial charge >= 0.3 is 5.97 Å². The van der Waals surface area contributed by atoms with Crippen LogP contribution in [0.1, 0.15) is 23.0 Å². The average Bonchev–Trinajstić information content (AvgIpc) is 2.35. The number of hydrogen-bond donors (Lipinski definition) is 4. The van der Waals surface area contributed by atoms with E-state index in [0.717, 1.165) is 0 Å². The number of rotatable bonds is 6. The third kappa shape index (κ3) is 3.69. The molecule has 6 heteroatoms. The highest BCUT2D eigenvalue weighted by atomic mass is 16.4. The average molecular weight is 240 g/mol. The molecule has 0 fully saturated rings. The van der Waals surface area contributed by atoms with Crippen LogP contribution in [-0.2, 0) is 6.42 Å². The Bertz CT molecular complexity index is 391. The summed E-state index contributed by atoms with van der Waals surface area (Å²) < 4.78 is 0. The van der Waals surface area contributed by atoms with Gasteiger partial charge in [-0.05, 0) is 18.6 Å². The summed E-state index contributed by atoms with van der Waals surface area (Å²) in [6.07, 6.45) is 0.610. The van der Waals surface area contributed by atoms with Crippen molar-refractivity contribution in [1.29, 1.82) is 0 Å². The second-order valence-corrected chi connectivity index (χ2v) is 3.60. The maximum absolute atomic E-state index is 10.9. The number of carbonyl (C=O) groups is 1. The molecule has 0 aromatic carbocycles. The minimum absolute atomic E-state index is 0.133. The summed E-state index contributed by atoms with van der Waals surface area (Å²) in [6.45, 7) is 1.36. The summed E-state index contributed by atoms with van der Waals surface area (Å²) in [4.78, 5) is 15.1. The van der Waals surface area contributed by atoms with E-state index in [1.165, 1.54) is 12.1 Å². The number of pyridine rings is 1. The molecule has 0 aliphatic rings. The van der Waals surface area contributed by atoms with Crippen molar-refractivity contribution in [3.05, 3.63) is 23.4 Å². The Morgan fingerprint density at radius 3 is 2.53 bits per heavy atom. The van der Waals surface area contributed by atoms with E-state index in [-0.39, 0.29) is 18.8 Å². The van der Waals surface area contributed by atoms with Gasteiger partial charge in [-0.15, -0.1) is 0 Å². The normalized spacial score (nSPS) is 10.6. The molecule has 0 saturated carbocycles. The second-order valence-electron chi connectivity index (χ2n) is 3.60. The molecule has 1 rings (SSSR count). The molecular formula is C11H16N2O4. The van der Waals surface area contributed by atoms with Crippen molar-refractivity contribution in [3.8, 4) is 0 Å². The van der Waals surface area contributed by atoms with Gasteiger partial charge in [0.15, 0.2) is 0 Å². The summed E-state index contributed by atoms with van der Waals surface area (Å²) in [5, 5.41) is 29.5. The largest absolute Gasteiger partial charge is 0.478 e. The van der Waals surface area contributed by atoms with Crippen LogP contribution in [-0.4, -0.2) is 45.5 Å². The molecule has 0 spiro atoms. The van der Waals surface area contributed by atoms with Gasteiger partial charge in [0.2, 0.25) is 0 Å². The Balaban J connectivity index is 2.98. The van der Waals surface area contributed by atoms with Gasteiger partial charge < -0.3 is 20.6 Å². The zero-order chi connectivity index (χ0) is 12.8. The highest BCUT2D eigenvalue weighted by Crippen LogP contribution is 2.12. The van der Waals surface area contributed by atoms with Crippen molar-refractivity contribution in [3.63, 3.8) is 0 Å². The highest BCUT2D eigenvalue weighted by molar-refractivity contribution is 5.88. The Labute approximate surface area is 98.9 Å². The molecule has 0 amide bonds. The highest BCUT2D eigenvalue weighted by Gasteiger charge is 2.11. The fourth-order valence-electron chi connectivity index (χ4n) is 1.32. The molecule has 94 valence electrons. The molecule has 0 unspecified atom stereocenters. The first-order valence-corrected chi connectivity index (χ1v) is 5.33. The predicted molar refractivity (Wildman–Crippen MR) is 62.2 cm³/mol. The van der Waals surface area contributed by atoms with Crippen LogP contribution in [0.25, 0.3) is 0 Å². The number of nitrogens with zero attached hydrogens (tertiary/aromatic N) is 1. The number of hydrogen-bond acceptors (Lipinski definition) is 5. The van der Waals surface area contributed by atoms with Crippen LogP contribution < -0.4 is 5.32 Å². The van der Waals surface area contributed by atoms with Crippen LogP contribution in [0.4, 0.5) is 5.82 Å². The minimum Gasteiger partial charge on any atom is -0.478 e. The quantitative estimate of drug-likeness (QED) is 0.562. The topological polar surface area (TPSA) is 103 Å². The van der Waals surface area contributed by atoms with Crippen LogP contribution in [0.2, 0.25) is 0 Å². The Hall–Kier alpha value is -1.66. The molecule has 0 bridgehead atoms. The molecule has 0 radical (unpaired) electrons.